The molecule has 1 aromatic rings. The van der Waals surface area contributed by atoms with Gasteiger partial charge in [-0.15, -0.1) is 0 Å². The smallest absolute Gasteiger partial charge is 0.289 e. The average Bonchev–Trinajstić information content (AvgIpc) is 3.03. The molecule has 0 unspecified atom stereocenters. The minimum absolute atomic E-state index is 0.0245. The molecule has 1 amide bonds. The van der Waals surface area contributed by atoms with Crippen molar-refractivity contribution in [2.45, 2.75) is 43.9 Å². The highest BCUT2D eigenvalue weighted by atomic mass is 16.5. The van der Waals surface area contributed by atoms with Crippen LogP contribution in [0.5, 0.6) is 0 Å². The zero-order valence-corrected chi connectivity index (χ0v) is 12.1. The van der Waals surface area contributed by atoms with Crippen LogP contribution in [0.25, 0.3) is 0 Å². The van der Waals surface area contributed by atoms with Crippen LogP contribution in [0.3, 0.4) is 0 Å². The van der Waals surface area contributed by atoms with E-state index in [1.54, 1.807) is 18.4 Å². The van der Waals surface area contributed by atoms with E-state index in [4.69, 9.17) is 13.9 Å². The summed E-state index contributed by atoms with van der Waals surface area (Å²) in [6.07, 6.45) is 6.23. The van der Waals surface area contributed by atoms with Gasteiger partial charge in [-0.2, -0.15) is 0 Å². The monoisotopic (exact) mass is 291 g/mol. The van der Waals surface area contributed by atoms with Crippen molar-refractivity contribution >= 4 is 5.91 Å². The van der Waals surface area contributed by atoms with E-state index in [1.807, 2.05) is 4.90 Å². The van der Waals surface area contributed by atoms with Crippen molar-refractivity contribution in [1.82, 2.24) is 4.90 Å². The molecule has 0 radical (unpaired) electrons. The predicted octanol–water partition coefficient (Wildman–Crippen LogP) is 2.08. The second kappa shape index (κ2) is 5.46. The Morgan fingerprint density at radius 3 is 3.00 bits per heavy atom. The topological polar surface area (TPSA) is 51.9 Å². The Hall–Kier alpha value is -1.33. The summed E-state index contributed by atoms with van der Waals surface area (Å²) >= 11 is 0. The Morgan fingerprint density at radius 2 is 2.24 bits per heavy atom. The van der Waals surface area contributed by atoms with Gasteiger partial charge in [-0.3, -0.25) is 4.79 Å². The van der Waals surface area contributed by atoms with Gasteiger partial charge in [0.05, 0.1) is 25.0 Å². The molecule has 2 heterocycles. The standard InChI is InChI=1S/C16H21NO4/c18-16(14-2-1-8-19-14)17-7-9-20-15-12(17)5-6-13(15)21-10-11-3-4-11/h1-2,8,11-13,15H,3-7,9-10H2/t12-,13+,15+/m0/s1. The number of carbonyl (C=O) groups is 1. The Bertz CT molecular complexity index is 496. The highest BCUT2D eigenvalue weighted by molar-refractivity contribution is 5.91. The third-order valence-electron chi connectivity index (χ3n) is 4.77. The van der Waals surface area contributed by atoms with Crippen LogP contribution in [-0.2, 0) is 9.47 Å². The van der Waals surface area contributed by atoms with Crippen LogP contribution in [0.1, 0.15) is 36.2 Å². The van der Waals surface area contributed by atoms with Crippen molar-refractivity contribution < 1.29 is 18.7 Å². The second-order valence-corrected chi connectivity index (χ2v) is 6.27. The molecule has 5 nitrogen and oxygen atoms in total. The number of hydrogen-bond acceptors (Lipinski definition) is 4. The molecule has 1 aromatic heterocycles. The summed E-state index contributed by atoms with van der Waals surface area (Å²) < 4.78 is 17.2. The molecule has 2 saturated carbocycles. The summed E-state index contributed by atoms with van der Waals surface area (Å²) in [7, 11) is 0. The highest BCUT2D eigenvalue weighted by Gasteiger charge is 2.45. The second-order valence-electron chi connectivity index (χ2n) is 6.27. The van der Waals surface area contributed by atoms with Gasteiger partial charge in [-0.25, -0.2) is 0 Å². The van der Waals surface area contributed by atoms with E-state index in [1.165, 1.54) is 12.8 Å². The lowest BCUT2D eigenvalue weighted by Crippen LogP contribution is -2.53. The molecule has 1 aliphatic heterocycles. The van der Waals surface area contributed by atoms with Crippen molar-refractivity contribution in [2.24, 2.45) is 5.92 Å². The largest absolute Gasteiger partial charge is 0.459 e. The molecule has 5 heteroatoms. The maximum absolute atomic E-state index is 12.5. The fraction of sp³-hybridized carbons (Fsp3) is 0.688. The SMILES string of the molecule is O=C(c1ccco1)N1CCO[C@H]2[C@H](OCC3CC3)CC[C@@H]21. The summed E-state index contributed by atoms with van der Waals surface area (Å²) in [6, 6.07) is 3.60. The van der Waals surface area contributed by atoms with Gasteiger partial charge in [-0.1, -0.05) is 0 Å². The summed E-state index contributed by atoms with van der Waals surface area (Å²) in [6.45, 7) is 2.07. The van der Waals surface area contributed by atoms with Gasteiger partial charge in [-0.05, 0) is 43.7 Å². The lowest BCUT2D eigenvalue weighted by atomic mass is 10.1. The first-order valence-electron chi connectivity index (χ1n) is 7.90. The van der Waals surface area contributed by atoms with E-state index in [-0.39, 0.29) is 24.2 Å². The van der Waals surface area contributed by atoms with Crippen LogP contribution < -0.4 is 0 Å². The normalized spacial score (nSPS) is 32.2. The lowest BCUT2D eigenvalue weighted by Gasteiger charge is -2.38. The number of amides is 1. The molecule has 114 valence electrons. The quantitative estimate of drug-likeness (QED) is 0.852. The maximum Gasteiger partial charge on any atom is 0.289 e. The van der Waals surface area contributed by atoms with Gasteiger partial charge < -0.3 is 18.8 Å². The summed E-state index contributed by atoms with van der Waals surface area (Å²) in [5, 5.41) is 0. The fourth-order valence-corrected chi connectivity index (χ4v) is 3.43. The van der Waals surface area contributed by atoms with Gasteiger partial charge in [0.1, 0.15) is 6.10 Å². The van der Waals surface area contributed by atoms with E-state index in [0.717, 1.165) is 25.4 Å². The van der Waals surface area contributed by atoms with Gasteiger partial charge in [0, 0.05) is 13.2 Å². The molecule has 3 aliphatic rings. The predicted molar refractivity (Wildman–Crippen MR) is 75.0 cm³/mol. The van der Waals surface area contributed by atoms with Crippen molar-refractivity contribution in [3.63, 3.8) is 0 Å². The van der Waals surface area contributed by atoms with Gasteiger partial charge in [0.2, 0.25) is 0 Å². The van der Waals surface area contributed by atoms with E-state index in [0.29, 0.717) is 18.9 Å². The number of furan rings is 1. The van der Waals surface area contributed by atoms with Gasteiger partial charge in [0.15, 0.2) is 5.76 Å². The zero-order chi connectivity index (χ0) is 14.2. The molecule has 4 rings (SSSR count). The number of morpholine rings is 1. The Labute approximate surface area is 124 Å². The molecular formula is C16H21NO4. The van der Waals surface area contributed by atoms with Gasteiger partial charge in [0.25, 0.3) is 5.91 Å². The Morgan fingerprint density at radius 1 is 1.33 bits per heavy atom. The average molecular weight is 291 g/mol. The number of rotatable bonds is 4. The molecule has 0 spiro atoms. The van der Waals surface area contributed by atoms with Crippen molar-refractivity contribution in [2.75, 3.05) is 19.8 Å². The molecule has 2 aliphatic carbocycles. The molecule has 3 atom stereocenters. The third-order valence-corrected chi connectivity index (χ3v) is 4.77. The van der Waals surface area contributed by atoms with Crippen LogP contribution in [0.4, 0.5) is 0 Å². The zero-order valence-electron chi connectivity index (χ0n) is 12.1. The number of ether oxygens (including phenoxy) is 2. The van der Waals surface area contributed by atoms with Crippen molar-refractivity contribution in [3.05, 3.63) is 24.2 Å². The molecule has 0 bridgehead atoms. The first-order valence-corrected chi connectivity index (χ1v) is 7.90. The van der Waals surface area contributed by atoms with E-state index >= 15 is 0 Å². The Kier molecular flexibility index (Phi) is 3.47. The number of carbonyl (C=O) groups excluding carboxylic acids is 1. The number of hydrogen-bond donors (Lipinski definition) is 0. The van der Waals surface area contributed by atoms with E-state index < -0.39 is 0 Å². The van der Waals surface area contributed by atoms with Crippen molar-refractivity contribution in [3.8, 4) is 0 Å². The molecule has 0 aromatic carbocycles. The first kappa shape index (κ1) is 13.3. The summed E-state index contributed by atoms with van der Waals surface area (Å²) in [4.78, 5) is 14.4. The summed E-state index contributed by atoms with van der Waals surface area (Å²) in [5.74, 6) is 1.15. The number of nitrogens with zero attached hydrogens (tertiary/aromatic N) is 1. The summed E-state index contributed by atoms with van der Waals surface area (Å²) in [5.41, 5.74) is 0. The lowest BCUT2D eigenvalue weighted by molar-refractivity contribution is -0.106. The fourth-order valence-electron chi connectivity index (χ4n) is 3.43. The minimum atomic E-state index is -0.0267. The molecule has 1 saturated heterocycles. The first-order chi connectivity index (χ1) is 10.3. The minimum Gasteiger partial charge on any atom is -0.459 e. The number of fused-ring (bicyclic) bond motifs is 1. The van der Waals surface area contributed by atoms with E-state index in [2.05, 4.69) is 0 Å². The van der Waals surface area contributed by atoms with Crippen LogP contribution in [0.2, 0.25) is 0 Å². The molecule has 21 heavy (non-hydrogen) atoms. The van der Waals surface area contributed by atoms with Crippen LogP contribution in [0.15, 0.2) is 22.8 Å². The van der Waals surface area contributed by atoms with Gasteiger partial charge >= 0.3 is 0 Å². The molecule has 0 N–H and O–H groups in total. The Balaban J connectivity index is 1.44. The van der Waals surface area contributed by atoms with Crippen LogP contribution in [-0.4, -0.2) is 48.8 Å². The highest BCUT2D eigenvalue weighted by Crippen LogP contribution is 2.35. The third kappa shape index (κ3) is 2.60. The van der Waals surface area contributed by atoms with Crippen LogP contribution in [0, 0.1) is 5.92 Å². The van der Waals surface area contributed by atoms with Crippen LogP contribution >= 0.6 is 0 Å². The van der Waals surface area contributed by atoms with Crippen molar-refractivity contribution in [1.29, 1.82) is 0 Å². The molecular weight excluding hydrogens is 270 g/mol. The van der Waals surface area contributed by atoms with E-state index in [9.17, 15) is 4.79 Å². The molecule has 3 fully saturated rings. The maximum atomic E-state index is 12.5.